The molecular formula is C16H20ClFN2O. The van der Waals surface area contributed by atoms with Crippen molar-refractivity contribution < 1.29 is 9.13 Å². The summed E-state index contributed by atoms with van der Waals surface area (Å²) >= 11 is 5.92. The molecule has 1 aliphatic carbocycles. The first-order valence-electron chi connectivity index (χ1n) is 7.30. The third-order valence-electron chi connectivity index (χ3n) is 4.47. The molecule has 21 heavy (non-hydrogen) atoms. The first-order valence-corrected chi connectivity index (χ1v) is 7.83. The van der Waals surface area contributed by atoms with E-state index >= 15 is 0 Å². The zero-order chi connectivity index (χ0) is 15.2. The highest BCUT2D eigenvalue weighted by atomic mass is 35.5. The number of hydrogen-bond acceptors (Lipinski definition) is 2. The maximum atomic E-state index is 13.9. The van der Waals surface area contributed by atoms with Crippen molar-refractivity contribution in [1.29, 1.82) is 0 Å². The summed E-state index contributed by atoms with van der Waals surface area (Å²) in [6.45, 7) is 4.44. The summed E-state index contributed by atoms with van der Waals surface area (Å²) in [5.41, 5.74) is 1.55. The Kier molecular flexibility index (Phi) is 3.60. The van der Waals surface area contributed by atoms with E-state index in [1.807, 2.05) is 0 Å². The summed E-state index contributed by atoms with van der Waals surface area (Å²) in [5.74, 6) is 1.94. The highest BCUT2D eigenvalue weighted by Crippen LogP contribution is 2.46. The molecule has 1 heterocycles. The number of imidazole rings is 1. The number of ether oxygens (including phenoxy) is 1. The van der Waals surface area contributed by atoms with Gasteiger partial charge in [-0.3, -0.25) is 0 Å². The van der Waals surface area contributed by atoms with Crippen molar-refractivity contribution >= 4 is 22.6 Å². The first kappa shape index (κ1) is 14.6. The molecule has 0 amide bonds. The number of hydrogen-bond donors (Lipinski definition) is 0. The summed E-state index contributed by atoms with van der Waals surface area (Å²) in [4.78, 5) is 4.60. The van der Waals surface area contributed by atoms with Gasteiger partial charge in [-0.2, -0.15) is 0 Å². The molecule has 0 saturated heterocycles. The molecule has 0 spiro atoms. The summed E-state index contributed by atoms with van der Waals surface area (Å²) in [6, 6.07) is 3.20. The average Bonchev–Trinajstić information content (AvgIpc) is 3.22. The van der Waals surface area contributed by atoms with Gasteiger partial charge in [-0.25, -0.2) is 9.37 Å². The fourth-order valence-corrected chi connectivity index (χ4v) is 3.32. The molecule has 0 radical (unpaired) electrons. The number of alkyl halides is 1. The van der Waals surface area contributed by atoms with Gasteiger partial charge in [0.2, 0.25) is 0 Å². The number of nitrogens with zero attached hydrogens (tertiary/aromatic N) is 2. The smallest absolute Gasteiger partial charge is 0.167 e. The van der Waals surface area contributed by atoms with Crippen LogP contribution in [0.3, 0.4) is 0 Å². The van der Waals surface area contributed by atoms with Crippen LogP contribution in [0.1, 0.15) is 32.5 Å². The third kappa shape index (κ3) is 2.39. The van der Waals surface area contributed by atoms with Gasteiger partial charge in [-0.05, 0) is 32.6 Å². The molecule has 1 saturated carbocycles. The second-order valence-electron chi connectivity index (χ2n) is 6.21. The van der Waals surface area contributed by atoms with Gasteiger partial charge in [0.15, 0.2) is 11.6 Å². The van der Waals surface area contributed by atoms with Crippen LogP contribution in [0.25, 0.3) is 11.0 Å². The molecule has 0 aliphatic heterocycles. The monoisotopic (exact) mass is 310 g/mol. The fourth-order valence-electron chi connectivity index (χ4n) is 3.15. The van der Waals surface area contributed by atoms with E-state index in [0.717, 1.165) is 11.3 Å². The topological polar surface area (TPSA) is 27.1 Å². The number of halogens is 2. The lowest BCUT2D eigenvalue weighted by Crippen LogP contribution is -2.30. The third-order valence-corrected chi connectivity index (χ3v) is 4.66. The Balaban J connectivity index is 2.24. The molecule has 3 nitrogen and oxygen atoms in total. The number of rotatable bonds is 5. The van der Waals surface area contributed by atoms with E-state index in [-0.39, 0.29) is 17.1 Å². The van der Waals surface area contributed by atoms with Crippen LogP contribution in [0.2, 0.25) is 0 Å². The summed E-state index contributed by atoms with van der Waals surface area (Å²) in [7, 11) is 1.48. The average molecular weight is 311 g/mol. The first-order chi connectivity index (χ1) is 9.98. The van der Waals surface area contributed by atoms with Crippen molar-refractivity contribution in [1.82, 2.24) is 9.55 Å². The summed E-state index contributed by atoms with van der Waals surface area (Å²) in [6.07, 6.45) is 3.13. The minimum absolute atomic E-state index is 0.0427. The van der Waals surface area contributed by atoms with E-state index in [1.165, 1.54) is 26.0 Å². The Morgan fingerprint density at radius 3 is 2.71 bits per heavy atom. The highest BCUT2D eigenvalue weighted by Gasteiger charge is 2.41. The van der Waals surface area contributed by atoms with E-state index < -0.39 is 0 Å². The summed E-state index contributed by atoms with van der Waals surface area (Å²) < 4.78 is 21.3. The molecule has 0 unspecified atom stereocenters. The van der Waals surface area contributed by atoms with Crippen molar-refractivity contribution in [2.45, 2.75) is 38.6 Å². The van der Waals surface area contributed by atoms with E-state index in [0.29, 0.717) is 23.7 Å². The van der Waals surface area contributed by atoms with Crippen molar-refractivity contribution in [3.05, 3.63) is 23.8 Å². The Morgan fingerprint density at radius 1 is 1.43 bits per heavy atom. The lowest BCUT2D eigenvalue weighted by Gasteiger charge is -2.29. The molecule has 1 aliphatic rings. The lowest BCUT2D eigenvalue weighted by atomic mass is 9.97. The van der Waals surface area contributed by atoms with Gasteiger partial charge in [0.1, 0.15) is 5.82 Å². The Hall–Kier alpha value is -1.29. The number of methoxy groups -OCH3 is 1. The van der Waals surface area contributed by atoms with Crippen molar-refractivity contribution in [2.24, 2.45) is 5.92 Å². The van der Waals surface area contributed by atoms with Crippen LogP contribution in [-0.4, -0.2) is 22.5 Å². The SMILES string of the molecule is COc1cc2c(cc1F)nc(CCCl)n2C(C)(C)C1CC1. The van der Waals surface area contributed by atoms with Crippen LogP contribution in [-0.2, 0) is 12.0 Å². The van der Waals surface area contributed by atoms with Crippen molar-refractivity contribution in [2.75, 3.05) is 13.0 Å². The van der Waals surface area contributed by atoms with Crippen LogP contribution >= 0.6 is 11.6 Å². The maximum Gasteiger partial charge on any atom is 0.167 e. The van der Waals surface area contributed by atoms with Crippen LogP contribution < -0.4 is 4.74 Å². The van der Waals surface area contributed by atoms with Crippen LogP contribution in [0, 0.1) is 11.7 Å². The van der Waals surface area contributed by atoms with E-state index in [4.69, 9.17) is 16.3 Å². The Bertz CT molecular complexity index is 676. The molecule has 5 heteroatoms. The second kappa shape index (κ2) is 5.16. The predicted octanol–water partition coefficient (Wildman–Crippen LogP) is 4.11. The van der Waals surface area contributed by atoms with E-state index in [2.05, 4.69) is 23.4 Å². The molecule has 0 bridgehead atoms. The fraction of sp³-hybridized carbons (Fsp3) is 0.562. The van der Waals surface area contributed by atoms with Gasteiger partial charge in [0, 0.05) is 30.0 Å². The second-order valence-corrected chi connectivity index (χ2v) is 6.58. The van der Waals surface area contributed by atoms with E-state index in [1.54, 1.807) is 6.07 Å². The zero-order valence-electron chi connectivity index (χ0n) is 12.6. The van der Waals surface area contributed by atoms with Crippen molar-refractivity contribution in [3.63, 3.8) is 0 Å². The minimum Gasteiger partial charge on any atom is -0.494 e. The lowest BCUT2D eigenvalue weighted by molar-refractivity contribution is 0.304. The normalized spacial score (nSPS) is 15.7. The van der Waals surface area contributed by atoms with Crippen molar-refractivity contribution in [3.8, 4) is 5.75 Å². The number of aromatic nitrogens is 2. The standard InChI is InChI=1S/C16H20ClFN2O/c1-16(2,10-4-5-10)20-13-9-14(21-3)11(18)8-12(13)19-15(20)6-7-17/h8-10H,4-7H2,1-3H3. The van der Waals surface area contributed by atoms with Crippen LogP contribution in [0.4, 0.5) is 4.39 Å². The Labute approximate surface area is 129 Å². The molecule has 1 fully saturated rings. The number of benzene rings is 1. The van der Waals surface area contributed by atoms with Gasteiger partial charge in [-0.1, -0.05) is 0 Å². The van der Waals surface area contributed by atoms with E-state index in [9.17, 15) is 4.39 Å². The number of fused-ring (bicyclic) bond motifs is 1. The van der Waals surface area contributed by atoms with Gasteiger partial charge < -0.3 is 9.30 Å². The molecule has 0 atom stereocenters. The van der Waals surface area contributed by atoms with Gasteiger partial charge in [0.25, 0.3) is 0 Å². The van der Waals surface area contributed by atoms with Gasteiger partial charge in [0.05, 0.1) is 18.1 Å². The minimum atomic E-state index is -0.378. The van der Waals surface area contributed by atoms with Crippen LogP contribution in [0.5, 0.6) is 5.75 Å². The molecule has 2 aromatic rings. The molecular weight excluding hydrogens is 291 g/mol. The maximum absolute atomic E-state index is 13.9. The molecule has 0 N–H and O–H groups in total. The quantitative estimate of drug-likeness (QED) is 0.777. The van der Waals surface area contributed by atoms with Crippen LogP contribution in [0.15, 0.2) is 12.1 Å². The Morgan fingerprint density at radius 2 is 2.14 bits per heavy atom. The summed E-state index contributed by atoms with van der Waals surface area (Å²) in [5, 5.41) is 0. The molecule has 114 valence electrons. The molecule has 3 rings (SSSR count). The van der Waals surface area contributed by atoms with Gasteiger partial charge >= 0.3 is 0 Å². The molecule has 1 aromatic carbocycles. The largest absolute Gasteiger partial charge is 0.494 e. The highest BCUT2D eigenvalue weighted by molar-refractivity contribution is 6.17. The predicted molar refractivity (Wildman–Crippen MR) is 82.7 cm³/mol. The zero-order valence-corrected chi connectivity index (χ0v) is 13.4. The van der Waals surface area contributed by atoms with Gasteiger partial charge in [-0.15, -0.1) is 11.6 Å². The molecule has 1 aromatic heterocycles. The number of aryl methyl sites for hydroxylation is 1.